The predicted molar refractivity (Wildman–Crippen MR) is 97.7 cm³/mol. The third-order valence-electron chi connectivity index (χ3n) is 5.73. The Bertz CT molecular complexity index is 765. The molecule has 144 valence electrons. The molecule has 1 saturated carbocycles. The minimum Gasteiger partial charge on any atom is -0.506 e. The van der Waals surface area contributed by atoms with Gasteiger partial charge in [0.1, 0.15) is 23.1 Å². The zero-order valence-electron chi connectivity index (χ0n) is 15.3. The molecule has 2 heterocycles. The van der Waals surface area contributed by atoms with Crippen molar-refractivity contribution in [3.05, 3.63) is 53.9 Å². The molecule has 2 fully saturated rings. The number of halogens is 2. The summed E-state index contributed by atoms with van der Waals surface area (Å²) in [6.45, 7) is 5.12. The highest BCUT2D eigenvalue weighted by Crippen LogP contribution is 2.40. The van der Waals surface area contributed by atoms with E-state index < -0.39 is 11.6 Å². The van der Waals surface area contributed by atoms with Crippen molar-refractivity contribution in [3.8, 4) is 11.5 Å². The van der Waals surface area contributed by atoms with Gasteiger partial charge in [0.2, 0.25) is 0 Å². The first-order chi connectivity index (χ1) is 13.0. The standard InChI is InChI=1S/C21H24F2N2O2/c1-13(21-3-2-18(26)9-24-21)10-25-11-14-4-19(5-15(14)12-25)27-20-7-16(22)6-17(23)8-20/h2-3,6-9,13-15,19,26H,4-5,10-12H2,1H3/t13?,14-,15+,19-. The summed E-state index contributed by atoms with van der Waals surface area (Å²) < 4.78 is 32.5. The third kappa shape index (κ3) is 4.21. The van der Waals surface area contributed by atoms with E-state index in [2.05, 4.69) is 16.8 Å². The molecular weight excluding hydrogens is 350 g/mol. The highest BCUT2D eigenvalue weighted by atomic mass is 19.1. The molecule has 1 aromatic heterocycles. The van der Waals surface area contributed by atoms with Gasteiger partial charge in [0.05, 0.1) is 12.3 Å². The predicted octanol–water partition coefficient (Wildman–Crippen LogP) is 3.96. The smallest absolute Gasteiger partial charge is 0.133 e. The van der Waals surface area contributed by atoms with Crippen molar-refractivity contribution in [1.29, 1.82) is 0 Å². The van der Waals surface area contributed by atoms with Crippen molar-refractivity contribution >= 4 is 0 Å². The number of aromatic hydroxyl groups is 1. The highest BCUT2D eigenvalue weighted by Gasteiger charge is 2.42. The van der Waals surface area contributed by atoms with Crippen LogP contribution in [0.25, 0.3) is 0 Å². The van der Waals surface area contributed by atoms with E-state index in [1.54, 1.807) is 6.07 Å². The van der Waals surface area contributed by atoms with Crippen molar-refractivity contribution in [2.45, 2.75) is 31.8 Å². The van der Waals surface area contributed by atoms with Gasteiger partial charge in [-0.05, 0) is 36.8 Å². The van der Waals surface area contributed by atoms with Crippen LogP contribution in [0.15, 0.2) is 36.5 Å². The van der Waals surface area contributed by atoms with Crippen molar-refractivity contribution in [2.75, 3.05) is 19.6 Å². The maximum absolute atomic E-state index is 13.3. The molecule has 1 N–H and O–H groups in total. The molecule has 6 heteroatoms. The number of likely N-dealkylation sites (tertiary alicyclic amines) is 1. The summed E-state index contributed by atoms with van der Waals surface area (Å²) in [5.74, 6) is 0.679. The quantitative estimate of drug-likeness (QED) is 0.861. The second-order valence-corrected chi connectivity index (χ2v) is 7.90. The van der Waals surface area contributed by atoms with Crippen LogP contribution < -0.4 is 4.74 Å². The Morgan fingerprint density at radius 3 is 2.41 bits per heavy atom. The van der Waals surface area contributed by atoms with Crippen LogP contribution in [0.1, 0.15) is 31.4 Å². The summed E-state index contributed by atoms with van der Waals surface area (Å²) in [4.78, 5) is 6.77. The number of rotatable bonds is 5. The Morgan fingerprint density at radius 2 is 1.81 bits per heavy atom. The van der Waals surface area contributed by atoms with Crippen molar-refractivity contribution in [3.63, 3.8) is 0 Å². The largest absolute Gasteiger partial charge is 0.506 e. The molecule has 1 saturated heterocycles. The molecule has 1 aliphatic carbocycles. The van der Waals surface area contributed by atoms with Gasteiger partial charge in [-0.15, -0.1) is 0 Å². The van der Waals surface area contributed by atoms with Crippen LogP contribution >= 0.6 is 0 Å². The van der Waals surface area contributed by atoms with E-state index in [-0.39, 0.29) is 17.6 Å². The van der Waals surface area contributed by atoms with Crippen molar-refractivity contribution in [1.82, 2.24) is 9.88 Å². The lowest BCUT2D eigenvalue weighted by Crippen LogP contribution is -2.28. The average Bonchev–Trinajstić information content (AvgIpc) is 3.12. The van der Waals surface area contributed by atoms with Gasteiger partial charge in [0, 0.05) is 49.4 Å². The van der Waals surface area contributed by atoms with Gasteiger partial charge in [-0.2, -0.15) is 0 Å². The molecule has 1 unspecified atom stereocenters. The van der Waals surface area contributed by atoms with Crippen LogP contribution in [0.3, 0.4) is 0 Å². The summed E-state index contributed by atoms with van der Waals surface area (Å²) in [6, 6.07) is 6.90. The summed E-state index contributed by atoms with van der Waals surface area (Å²) >= 11 is 0. The molecule has 0 bridgehead atoms. The van der Waals surface area contributed by atoms with Gasteiger partial charge in [-0.25, -0.2) is 8.78 Å². The Morgan fingerprint density at radius 1 is 1.15 bits per heavy atom. The van der Waals surface area contributed by atoms with E-state index in [1.165, 1.54) is 18.3 Å². The normalized spacial score (nSPS) is 26.1. The maximum Gasteiger partial charge on any atom is 0.133 e. The second-order valence-electron chi connectivity index (χ2n) is 7.90. The van der Waals surface area contributed by atoms with Crippen LogP contribution in [0, 0.1) is 23.5 Å². The molecule has 2 aliphatic rings. The Kier molecular flexibility index (Phi) is 5.00. The molecule has 1 aromatic carbocycles. The van der Waals surface area contributed by atoms with E-state index in [0.29, 0.717) is 17.8 Å². The lowest BCUT2D eigenvalue weighted by Gasteiger charge is -2.23. The number of nitrogens with zero attached hydrogens (tertiary/aromatic N) is 2. The molecule has 2 aromatic rings. The number of pyridine rings is 1. The lowest BCUT2D eigenvalue weighted by molar-refractivity contribution is 0.183. The van der Waals surface area contributed by atoms with E-state index in [1.807, 2.05) is 6.07 Å². The Labute approximate surface area is 157 Å². The van der Waals surface area contributed by atoms with Crippen LogP contribution in [-0.4, -0.2) is 40.7 Å². The van der Waals surface area contributed by atoms with Gasteiger partial charge in [0.15, 0.2) is 0 Å². The van der Waals surface area contributed by atoms with Crippen LogP contribution in [0.4, 0.5) is 8.78 Å². The van der Waals surface area contributed by atoms with Crippen molar-refractivity contribution < 1.29 is 18.6 Å². The van der Waals surface area contributed by atoms with Gasteiger partial charge >= 0.3 is 0 Å². The third-order valence-corrected chi connectivity index (χ3v) is 5.73. The number of ether oxygens (including phenoxy) is 1. The molecule has 0 radical (unpaired) electrons. The molecule has 27 heavy (non-hydrogen) atoms. The van der Waals surface area contributed by atoms with Gasteiger partial charge in [0.25, 0.3) is 0 Å². The Hall–Kier alpha value is -2.21. The lowest BCUT2D eigenvalue weighted by atomic mass is 10.0. The average molecular weight is 374 g/mol. The minimum absolute atomic E-state index is 0.0274. The molecule has 0 spiro atoms. The summed E-state index contributed by atoms with van der Waals surface area (Å²) in [5, 5.41) is 9.37. The maximum atomic E-state index is 13.3. The monoisotopic (exact) mass is 374 g/mol. The molecular formula is C21H24F2N2O2. The zero-order valence-corrected chi connectivity index (χ0v) is 15.3. The molecule has 4 atom stereocenters. The zero-order chi connectivity index (χ0) is 19.0. The first-order valence-corrected chi connectivity index (χ1v) is 9.46. The van der Waals surface area contributed by atoms with E-state index >= 15 is 0 Å². The molecule has 4 rings (SSSR count). The summed E-state index contributed by atoms with van der Waals surface area (Å²) in [7, 11) is 0. The van der Waals surface area contributed by atoms with Gasteiger partial charge < -0.3 is 14.7 Å². The van der Waals surface area contributed by atoms with Crippen LogP contribution in [-0.2, 0) is 0 Å². The van der Waals surface area contributed by atoms with Gasteiger partial charge in [-0.3, -0.25) is 4.98 Å². The van der Waals surface area contributed by atoms with E-state index in [0.717, 1.165) is 44.2 Å². The Balaban J connectivity index is 1.29. The van der Waals surface area contributed by atoms with Gasteiger partial charge in [-0.1, -0.05) is 6.92 Å². The van der Waals surface area contributed by atoms with Crippen LogP contribution in [0.2, 0.25) is 0 Å². The number of benzene rings is 1. The van der Waals surface area contributed by atoms with Crippen LogP contribution in [0.5, 0.6) is 11.5 Å². The fourth-order valence-corrected chi connectivity index (χ4v) is 4.55. The number of fused-ring (bicyclic) bond motifs is 1. The minimum atomic E-state index is -0.605. The number of hydrogen-bond donors (Lipinski definition) is 1. The first-order valence-electron chi connectivity index (χ1n) is 9.46. The fraction of sp³-hybridized carbons (Fsp3) is 0.476. The summed E-state index contributed by atoms with van der Waals surface area (Å²) in [6.07, 6.45) is 3.36. The molecule has 1 aliphatic heterocycles. The second kappa shape index (κ2) is 7.43. The van der Waals surface area contributed by atoms with E-state index in [4.69, 9.17) is 4.74 Å². The highest BCUT2D eigenvalue weighted by molar-refractivity contribution is 5.24. The number of aromatic nitrogens is 1. The van der Waals surface area contributed by atoms with Crippen molar-refractivity contribution in [2.24, 2.45) is 11.8 Å². The fourth-order valence-electron chi connectivity index (χ4n) is 4.55. The molecule has 0 amide bonds. The molecule has 4 nitrogen and oxygen atoms in total. The SMILES string of the molecule is CC(CN1C[C@H]2C[C@@H](Oc3cc(F)cc(F)c3)C[C@H]2C1)c1ccc(O)cn1. The first kappa shape index (κ1) is 18.2. The topological polar surface area (TPSA) is 45.6 Å². The number of hydrogen-bond acceptors (Lipinski definition) is 4. The van der Waals surface area contributed by atoms with E-state index in [9.17, 15) is 13.9 Å². The summed E-state index contributed by atoms with van der Waals surface area (Å²) in [5.41, 5.74) is 0.985.